The minimum atomic E-state index is -1.17. The van der Waals surface area contributed by atoms with Crippen molar-refractivity contribution in [2.45, 2.75) is 46.0 Å². The Hall–Kier alpha value is -1.84. The summed E-state index contributed by atoms with van der Waals surface area (Å²) in [7, 11) is 0. The molecular formula is C15H20O4. The van der Waals surface area contributed by atoms with Gasteiger partial charge in [-0.3, -0.25) is 9.59 Å². The first-order valence-corrected chi connectivity index (χ1v) is 6.61. The van der Waals surface area contributed by atoms with Gasteiger partial charge < -0.3 is 9.84 Å². The van der Waals surface area contributed by atoms with Crippen molar-refractivity contribution in [2.75, 3.05) is 0 Å². The van der Waals surface area contributed by atoms with Gasteiger partial charge >= 0.3 is 11.9 Å². The van der Waals surface area contributed by atoms with E-state index in [1.54, 1.807) is 6.07 Å². The summed E-state index contributed by atoms with van der Waals surface area (Å²) in [4.78, 5) is 21.9. The van der Waals surface area contributed by atoms with Crippen molar-refractivity contribution in [2.24, 2.45) is 0 Å². The van der Waals surface area contributed by atoms with E-state index in [4.69, 9.17) is 9.84 Å². The van der Waals surface area contributed by atoms with Gasteiger partial charge in [-0.2, -0.15) is 0 Å². The number of ether oxygens (including phenoxy) is 1. The SMILES string of the molecule is CCCc1cccc(OC(=O)CC(=O)O)c1CCC. The van der Waals surface area contributed by atoms with E-state index in [2.05, 4.69) is 13.8 Å². The normalized spacial score (nSPS) is 10.2. The van der Waals surface area contributed by atoms with Gasteiger partial charge in [0.05, 0.1) is 0 Å². The number of esters is 1. The van der Waals surface area contributed by atoms with Crippen LogP contribution in [-0.4, -0.2) is 17.0 Å². The Labute approximate surface area is 113 Å². The molecule has 4 nitrogen and oxygen atoms in total. The fraction of sp³-hybridized carbons (Fsp3) is 0.467. The maximum atomic E-state index is 11.4. The lowest BCUT2D eigenvalue weighted by Gasteiger charge is -2.13. The minimum absolute atomic E-state index is 0.499. The molecule has 1 rings (SSSR count). The van der Waals surface area contributed by atoms with E-state index in [0.717, 1.165) is 31.2 Å². The Morgan fingerprint density at radius 1 is 1.16 bits per heavy atom. The molecule has 0 fully saturated rings. The molecule has 0 aliphatic rings. The Bertz CT molecular complexity index is 451. The number of carbonyl (C=O) groups excluding carboxylic acids is 1. The molecule has 1 aromatic rings. The lowest BCUT2D eigenvalue weighted by atomic mass is 9.98. The first kappa shape index (κ1) is 15.2. The summed E-state index contributed by atoms with van der Waals surface area (Å²) in [5.41, 5.74) is 2.19. The van der Waals surface area contributed by atoms with Crippen molar-refractivity contribution in [3.8, 4) is 5.75 Å². The highest BCUT2D eigenvalue weighted by atomic mass is 16.5. The molecule has 0 amide bonds. The number of hydrogen-bond acceptors (Lipinski definition) is 3. The molecule has 104 valence electrons. The molecule has 0 saturated carbocycles. The van der Waals surface area contributed by atoms with Crippen LogP contribution in [0.3, 0.4) is 0 Å². The zero-order valence-corrected chi connectivity index (χ0v) is 11.4. The second kappa shape index (κ2) is 7.56. The van der Waals surface area contributed by atoms with E-state index < -0.39 is 18.4 Å². The van der Waals surface area contributed by atoms with Crippen LogP contribution >= 0.6 is 0 Å². The average Bonchev–Trinajstić information content (AvgIpc) is 2.32. The average molecular weight is 264 g/mol. The fourth-order valence-electron chi connectivity index (χ4n) is 2.03. The predicted molar refractivity (Wildman–Crippen MR) is 72.3 cm³/mol. The summed E-state index contributed by atoms with van der Waals surface area (Å²) in [5, 5.41) is 8.57. The number of benzene rings is 1. The largest absolute Gasteiger partial charge is 0.481 e. The number of aryl methyl sites for hydroxylation is 1. The van der Waals surface area contributed by atoms with Crippen LogP contribution in [0.4, 0.5) is 0 Å². The molecule has 0 unspecified atom stereocenters. The van der Waals surface area contributed by atoms with Gasteiger partial charge in [0, 0.05) is 0 Å². The third-order valence-electron chi connectivity index (χ3n) is 2.77. The standard InChI is InChI=1S/C15H20O4/c1-3-6-11-8-5-9-13(12(11)7-4-2)19-15(18)10-14(16)17/h5,8-9H,3-4,6-7,10H2,1-2H3,(H,16,17). The van der Waals surface area contributed by atoms with Crippen molar-refractivity contribution in [3.05, 3.63) is 29.3 Å². The first-order chi connectivity index (χ1) is 9.08. The number of hydrogen-bond donors (Lipinski definition) is 1. The minimum Gasteiger partial charge on any atom is -0.481 e. The van der Waals surface area contributed by atoms with E-state index in [9.17, 15) is 9.59 Å². The molecule has 0 heterocycles. The Balaban J connectivity index is 2.95. The van der Waals surface area contributed by atoms with Gasteiger partial charge in [0.25, 0.3) is 0 Å². The number of carbonyl (C=O) groups is 2. The molecule has 0 spiro atoms. The molecule has 0 saturated heterocycles. The summed E-state index contributed by atoms with van der Waals surface area (Å²) in [5.74, 6) is -1.40. The van der Waals surface area contributed by atoms with Crippen molar-refractivity contribution in [3.63, 3.8) is 0 Å². The summed E-state index contributed by atoms with van der Waals surface area (Å²) >= 11 is 0. The molecular weight excluding hydrogens is 244 g/mol. The number of carboxylic acids is 1. The van der Waals surface area contributed by atoms with Crippen molar-refractivity contribution in [1.82, 2.24) is 0 Å². The number of aliphatic carboxylic acids is 1. The molecule has 0 aliphatic heterocycles. The maximum Gasteiger partial charge on any atom is 0.322 e. The number of carboxylic acid groups (broad SMARTS) is 1. The fourth-order valence-corrected chi connectivity index (χ4v) is 2.03. The summed E-state index contributed by atoms with van der Waals surface area (Å²) in [6.45, 7) is 4.16. The van der Waals surface area contributed by atoms with Gasteiger partial charge in [-0.1, -0.05) is 38.8 Å². The highest BCUT2D eigenvalue weighted by molar-refractivity contribution is 5.91. The van der Waals surface area contributed by atoms with Crippen LogP contribution in [0.15, 0.2) is 18.2 Å². The molecule has 0 bridgehead atoms. The van der Waals surface area contributed by atoms with Crippen molar-refractivity contribution < 1.29 is 19.4 Å². The Morgan fingerprint density at radius 3 is 2.42 bits per heavy atom. The van der Waals surface area contributed by atoms with E-state index in [1.807, 2.05) is 12.1 Å². The van der Waals surface area contributed by atoms with Gasteiger partial charge in [0.15, 0.2) is 0 Å². The van der Waals surface area contributed by atoms with Crippen LogP contribution < -0.4 is 4.74 Å². The van der Waals surface area contributed by atoms with Gasteiger partial charge in [0.1, 0.15) is 12.2 Å². The maximum absolute atomic E-state index is 11.4. The van der Waals surface area contributed by atoms with Gasteiger partial charge in [-0.05, 0) is 30.0 Å². The van der Waals surface area contributed by atoms with Gasteiger partial charge in [-0.25, -0.2) is 0 Å². The van der Waals surface area contributed by atoms with Crippen LogP contribution in [0.5, 0.6) is 5.75 Å². The lowest BCUT2D eigenvalue weighted by molar-refractivity contribution is -0.145. The third kappa shape index (κ3) is 4.73. The molecule has 19 heavy (non-hydrogen) atoms. The predicted octanol–water partition coefficient (Wildman–Crippen LogP) is 2.97. The summed E-state index contributed by atoms with van der Waals surface area (Å²) in [6.07, 6.45) is 3.11. The highest BCUT2D eigenvalue weighted by Crippen LogP contribution is 2.25. The third-order valence-corrected chi connectivity index (χ3v) is 2.77. The molecule has 0 radical (unpaired) electrons. The van der Waals surface area contributed by atoms with Crippen LogP contribution in [0.1, 0.15) is 44.2 Å². The van der Waals surface area contributed by atoms with Crippen LogP contribution in [-0.2, 0) is 22.4 Å². The van der Waals surface area contributed by atoms with Crippen LogP contribution in [0, 0.1) is 0 Å². The zero-order chi connectivity index (χ0) is 14.3. The molecule has 0 aliphatic carbocycles. The Morgan fingerprint density at radius 2 is 1.84 bits per heavy atom. The summed E-state index contributed by atoms with van der Waals surface area (Å²) in [6, 6.07) is 5.60. The second-order valence-electron chi connectivity index (χ2n) is 4.44. The molecule has 1 aromatic carbocycles. The van der Waals surface area contributed by atoms with E-state index in [1.165, 1.54) is 5.56 Å². The first-order valence-electron chi connectivity index (χ1n) is 6.61. The van der Waals surface area contributed by atoms with Crippen molar-refractivity contribution >= 4 is 11.9 Å². The van der Waals surface area contributed by atoms with Crippen molar-refractivity contribution in [1.29, 1.82) is 0 Å². The highest BCUT2D eigenvalue weighted by Gasteiger charge is 2.14. The zero-order valence-electron chi connectivity index (χ0n) is 11.4. The Kier molecular flexibility index (Phi) is 6.06. The molecule has 0 atom stereocenters. The van der Waals surface area contributed by atoms with Gasteiger partial charge in [-0.15, -0.1) is 0 Å². The smallest absolute Gasteiger partial charge is 0.322 e. The molecule has 0 aromatic heterocycles. The lowest BCUT2D eigenvalue weighted by Crippen LogP contribution is -2.14. The van der Waals surface area contributed by atoms with Crippen LogP contribution in [0.25, 0.3) is 0 Å². The molecule has 1 N–H and O–H groups in total. The summed E-state index contributed by atoms with van der Waals surface area (Å²) < 4.78 is 5.18. The topological polar surface area (TPSA) is 63.6 Å². The molecule has 4 heteroatoms. The van der Waals surface area contributed by atoms with E-state index in [0.29, 0.717) is 5.75 Å². The van der Waals surface area contributed by atoms with Crippen LogP contribution in [0.2, 0.25) is 0 Å². The second-order valence-corrected chi connectivity index (χ2v) is 4.44. The van der Waals surface area contributed by atoms with Gasteiger partial charge in [0.2, 0.25) is 0 Å². The quantitative estimate of drug-likeness (QED) is 0.467. The monoisotopic (exact) mass is 264 g/mol. The van der Waals surface area contributed by atoms with E-state index >= 15 is 0 Å². The number of rotatable bonds is 7. The van der Waals surface area contributed by atoms with E-state index in [-0.39, 0.29) is 0 Å².